The molecule has 0 aliphatic carbocycles. The van der Waals surface area contributed by atoms with Gasteiger partial charge in [-0.2, -0.15) is 0 Å². The number of benzene rings is 1. The molecule has 1 aromatic rings. The smallest absolute Gasteiger partial charge is 0.253 e. The van der Waals surface area contributed by atoms with Crippen LogP contribution in [0.5, 0.6) is 0 Å². The molecular weight excluding hydrogens is 248 g/mol. The van der Waals surface area contributed by atoms with Crippen LogP contribution in [0.25, 0.3) is 0 Å². The second-order valence-electron chi connectivity index (χ2n) is 5.76. The molecule has 1 amide bonds. The Labute approximate surface area is 122 Å². The Morgan fingerprint density at radius 3 is 2.65 bits per heavy atom. The van der Waals surface area contributed by atoms with E-state index in [1.165, 1.54) is 25.7 Å². The average molecular weight is 274 g/mol. The van der Waals surface area contributed by atoms with Crippen molar-refractivity contribution < 1.29 is 4.79 Å². The predicted molar refractivity (Wildman–Crippen MR) is 82.6 cm³/mol. The first-order valence-corrected chi connectivity index (χ1v) is 7.85. The summed E-state index contributed by atoms with van der Waals surface area (Å²) in [6.07, 6.45) is 7.36. The monoisotopic (exact) mass is 274 g/mol. The van der Waals surface area contributed by atoms with Crippen molar-refractivity contribution >= 4 is 5.91 Å². The zero-order chi connectivity index (χ0) is 14.2. The second-order valence-corrected chi connectivity index (χ2v) is 5.76. The molecule has 0 radical (unpaired) electrons. The van der Waals surface area contributed by atoms with Crippen LogP contribution in [0.1, 0.15) is 48.9 Å². The van der Waals surface area contributed by atoms with Crippen molar-refractivity contribution in [2.24, 2.45) is 11.7 Å². The number of carbonyl (C=O) groups excluding carboxylic acids is 1. The van der Waals surface area contributed by atoms with E-state index < -0.39 is 0 Å². The molecule has 0 spiro atoms. The molecule has 110 valence electrons. The lowest BCUT2D eigenvalue weighted by molar-refractivity contribution is 0.0786. The first-order valence-electron chi connectivity index (χ1n) is 7.85. The molecular formula is C17H26N2O. The van der Waals surface area contributed by atoms with Crippen LogP contribution in [0.2, 0.25) is 0 Å². The van der Waals surface area contributed by atoms with Crippen LogP contribution in [0.4, 0.5) is 0 Å². The lowest BCUT2D eigenvalue weighted by Gasteiger charge is -2.16. The molecule has 1 aliphatic rings. The Bertz CT molecular complexity index is 405. The SMILES string of the molecule is NCCCCCCC1CCN(C(=O)c2ccccc2)C1. The molecule has 0 saturated carbocycles. The molecule has 1 aliphatic heterocycles. The highest BCUT2D eigenvalue weighted by molar-refractivity contribution is 5.94. The van der Waals surface area contributed by atoms with Gasteiger partial charge in [0.2, 0.25) is 0 Å². The van der Waals surface area contributed by atoms with Gasteiger partial charge >= 0.3 is 0 Å². The van der Waals surface area contributed by atoms with E-state index in [2.05, 4.69) is 0 Å². The van der Waals surface area contributed by atoms with Gasteiger partial charge in [-0.1, -0.05) is 37.5 Å². The van der Waals surface area contributed by atoms with E-state index in [0.717, 1.165) is 38.0 Å². The van der Waals surface area contributed by atoms with Crippen LogP contribution >= 0.6 is 0 Å². The summed E-state index contributed by atoms with van der Waals surface area (Å²) >= 11 is 0. The number of likely N-dealkylation sites (tertiary alicyclic amines) is 1. The number of carbonyl (C=O) groups is 1. The molecule has 1 saturated heterocycles. The van der Waals surface area contributed by atoms with Crippen LogP contribution in [0, 0.1) is 5.92 Å². The third kappa shape index (κ3) is 4.34. The summed E-state index contributed by atoms with van der Waals surface area (Å²) in [5.74, 6) is 0.886. The third-order valence-corrected chi connectivity index (χ3v) is 4.16. The molecule has 1 aromatic carbocycles. The van der Waals surface area contributed by atoms with E-state index in [1.807, 2.05) is 35.2 Å². The number of nitrogens with two attached hydrogens (primary N) is 1. The molecule has 1 unspecified atom stereocenters. The summed E-state index contributed by atoms with van der Waals surface area (Å²) in [5.41, 5.74) is 6.31. The fraction of sp³-hybridized carbons (Fsp3) is 0.588. The maximum absolute atomic E-state index is 12.3. The first kappa shape index (κ1) is 15.0. The fourth-order valence-corrected chi connectivity index (χ4v) is 2.95. The van der Waals surface area contributed by atoms with Crippen molar-refractivity contribution in [1.29, 1.82) is 0 Å². The predicted octanol–water partition coefficient (Wildman–Crippen LogP) is 3.06. The normalized spacial score (nSPS) is 18.4. The van der Waals surface area contributed by atoms with Gasteiger partial charge in [0.1, 0.15) is 0 Å². The minimum Gasteiger partial charge on any atom is -0.338 e. The van der Waals surface area contributed by atoms with Gasteiger partial charge in [0.05, 0.1) is 0 Å². The Hall–Kier alpha value is -1.35. The molecule has 1 fully saturated rings. The van der Waals surface area contributed by atoms with E-state index in [1.54, 1.807) is 0 Å². The van der Waals surface area contributed by atoms with E-state index in [-0.39, 0.29) is 5.91 Å². The number of nitrogens with zero attached hydrogens (tertiary/aromatic N) is 1. The Kier molecular flexibility index (Phi) is 6.06. The van der Waals surface area contributed by atoms with Gasteiger partial charge in [0.25, 0.3) is 5.91 Å². The molecule has 0 bridgehead atoms. The fourth-order valence-electron chi connectivity index (χ4n) is 2.95. The summed E-state index contributed by atoms with van der Waals surface area (Å²) in [6.45, 7) is 2.66. The number of hydrogen-bond acceptors (Lipinski definition) is 2. The van der Waals surface area contributed by atoms with E-state index in [9.17, 15) is 4.79 Å². The number of hydrogen-bond donors (Lipinski definition) is 1. The maximum atomic E-state index is 12.3. The minimum absolute atomic E-state index is 0.191. The van der Waals surface area contributed by atoms with Crippen molar-refractivity contribution in [2.75, 3.05) is 19.6 Å². The topological polar surface area (TPSA) is 46.3 Å². The number of unbranched alkanes of at least 4 members (excludes halogenated alkanes) is 3. The van der Waals surface area contributed by atoms with Crippen LogP contribution in [-0.2, 0) is 0 Å². The maximum Gasteiger partial charge on any atom is 0.253 e. The summed E-state index contributed by atoms with van der Waals surface area (Å²) in [4.78, 5) is 14.3. The Morgan fingerprint density at radius 2 is 1.90 bits per heavy atom. The largest absolute Gasteiger partial charge is 0.338 e. The Balaban J connectivity index is 1.71. The zero-order valence-corrected chi connectivity index (χ0v) is 12.3. The third-order valence-electron chi connectivity index (χ3n) is 4.16. The summed E-state index contributed by atoms with van der Waals surface area (Å²) in [6, 6.07) is 9.62. The number of amides is 1. The van der Waals surface area contributed by atoms with Crippen molar-refractivity contribution in [2.45, 2.75) is 38.5 Å². The van der Waals surface area contributed by atoms with Crippen molar-refractivity contribution in [1.82, 2.24) is 4.90 Å². The molecule has 3 nitrogen and oxygen atoms in total. The molecule has 2 N–H and O–H groups in total. The number of rotatable bonds is 7. The summed E-state index contributed by atoms with van der Waals surface area (Å²) in [7, 11) is 0. The van der Waals surface area contributed by atoms with Gasteiger partial charge in [-0.3, -0.25) is 4.79 Å². The highest BCUT2D eigenvalue weighted by Crippen LogP contribution is 2.23. The van der Waals surface area contributed by atoms with Gasteiger partial charge in [-0.05, 0) is 43.9 Å². The van der Waals surface area contributed by atoms with E-state index >= 15 is 0 Å². The highest BCUT2D eigenvalue weighted by Gasteiger charge is 2.26. The highest BCUT2D eigenvalue weighted by atomic mass is 16.2. The van der Waals surface area contributed by atoms with E-state index in [4.69, 9.17) is 5.73 Å². The molecule has 3 heteroatoms. The van der Waals surface area contributed by atoms with Crippen molar-refractivity contribution in [3.63, 3.8) is 0 Å². The van der Waals surface area contributed by atoms with Crippen molar-refractivity contribution in [3.05, 3.63) is 35.9 Å². The summed E-state index contributed by atoms with van der Waals surface area (Å²) in [5, 5.41) is 0. The molecule has 1 heterocycles. The lowest BCUT2D eigenvalue weighted by atomic mass is 10.00. The second kappa shape index (κ2) is 8.05. The van der Waals surface area contributed by atoms with Gasteiger partial charge in [0.15, 0.2) is 0 Å². The van der Waals surface area contributed by atoms with Gasteiger partial charge in [0, 0.05) is 18.7 Å². The molecule has 0 aromatic heterocycles. The minimum atomic E-state index is 0.191. The van der Waals surface area contributed by atoms with Gasteiger partial charge in [-0.15, -0.1) is 0 Å². The first-order chi connectivity index (χ1) is 9.81. The Morgan fingerprint density at radius 1 is 1.15 bits per heavy atom. The van der Waals surface area contributed by atoms with Crippen LogP contribution in [0.3, 0.4) is 0 Å². The van der Waals surface area contributed by atoms with Crippen LogP contribution in [-0.4, -0.2) is 30.4 Å². The quantitative estimate of drug-likeness (QED) is 0.777. The lowest BCUT2D eigenvalue weighted by Crippen LogP contribution is -2.28. The zero-order valence-electron chi connectivity index (χ0n) is 12.3. The van der Waals surface area contributed by atoms with Gasteiger partial charge < -0.3 is 10.6 Å². The molecule has 20 heavy (non-hydrogen) atoms. The van der Waals surface area contributed by atoms with Crippen molar-refractivity contribution in [3.8, 4) is 0 Å². The van der Waals surface area contributed by atoms with E-state index in [0.29, 0.717) is 5.92 Å². The van der Waals surface area contributed by atoms with Gasteiger partial charge in [-0.25, -0.2) is 0 Å². The van der Waals surface area contributed by atoms with Crippen LogP contribution < -0.4 is 5.73 Å². The van der Waals surface area contributed by atoms with Crippen LogP contribution in [0.15, 0.2) is 30.3 Å². The summed E-state index contributed by atoms with van der Waals surface area (Å²) < 4.78 is 0. The molecule has 1 atom stereocenters. The molecule has 2 rings (SSSR count). The average Bonchev–Trinajstić information content (AvgIpc) is 2.96. The standard InChI is InChI=1S/C17H26N2O/c18-12-7-2-1-4-8-15-11-13-19(14-15)17(20)16-9-5-3-6-10-16/h3,5-6,9-10,15H,1-2,4,7-8,11-14,18H2.